The monoisotopic (exact) mass is 275 g/mol. The topological polar surface area (TPSA) is 62.2 Å². The zero-order valence-corrected chi connectivity index (χ0v) is 11.8. The second kappa shape index (κ2) is 6.96. The van der Waals surface area contributed by atoms with Gasteiger partial charge in [0.15, 0.2) is 0 Å². The fourth-order valence-corrected chi connectivity index (χ4v) is 2.01. The Morgan fingerprint density at radius 3 is 2.45 bits per heavy atom. The molecule has 0 aliphatic carbocycles. The molecule has 1 heterocycles. The summed E-state index contributed by atoms with van der Waals surface area (Å²) in [7, 11) is 0. The highest BCUT2D eigenvalue weighted by Crippen LogP contribution is 2.11. The van der Waals surface area contributed by atoms with E-state index < -0.39 is 0 Å². The van der Waals surface area contributed by atoms with Crippen LogP contribution >= 0.6 is 0 Å². The summed E-state index contributed by atoms with van der Waals surface area (Å²) < 4.78 is 9.04. The molecule has 0 amide bonds. The lowest BCUT2D eigenvalue weighted by atomic mass is 10.2. The molecule has 20 heavy (non-hydrogen) atoms. The maximum absolute atomic E-state index is 11.8. The van der Waals surface area contributed by atoms with E-state index in [-0.39, 0.29) is 5.69 Å². The first-order valence-electron chi connectivity index (χ1n) is 6.92. The van der Waals surface area contributed by atoms with Crippen LogP contribution in [0.2, 0.25) is 0 Å². The fraction of sp³-hybridized carbons (Fsp3) is 0.400. The highest BCUT2D eigenvalue weighted by Gasteiger charge is 2.01. The van der Waals surface area contributed by atoms with Gasteiger partial charge in [-0.15, -0.1) is 0 Å². The van der Waals surface area contributed by atoms with Crippen molar-refractivity contribution in [1.82, 2.24) is 9.13 Å². The largest absolute Gasteiger partial charge is 0.494 e. The van der Waals surface area contributed by atoms with Crippen LogP contribution in [-0.2, 0) is 19.6 Å². The molecule has 0 fully saturated rings. The molecule has 0 unspecified atom stereocenters. The molecular weight excluding hydrogens is 254 g/mol. The number of rotatable bonds is 7. The van der Waals surface area contributed by atoms with E-state index in [1.165, 1.54) is 0 Å². The van der Waals surface area contributed by atoms with Crippen molar-refractivity contribution in [2.75, 3.05) is 6.61 Å². The fourth-order valence-electron chi connectivity index (χ4n) is 2.01. The summed E-state index contributed by atoms with van der Waals surface area (Å²) in [6.45, 7) is 4.46. The number of nitrogens with two attached hydrogens (primary N) is 1. The van der Waals surface area contributed by atoms with Gasteiger partial charge in [0, 0.05) is 32.0 Å². The van der Waals surface area contributed by atoms with E-state index in [2.05, 4.69) is 0 Å². The molecule has 1 aromatic carbocycles. The molecule has 2 N–H and O–H groups in total. The minimum absolute atomic E-state index is 0.0415. The minimum atomic E-state index is 0.0415. The Balaban J connectivity index is 1.78. The molecule has 0 saturated heterocycles. The highest BCUT2D eigenvalue weighted by molar-refractivity contribution is 5.26. The number of ether oxygens (including phenoxy) is 1. The summed E-state index contributed by atoms with van der Waals surface area (Å²) in [5.41, 5.74) is 6.67. The van der Waals surface area contributed by atoms with Gasteiger partial charge in [-0.25, -0.2) is 4.79 Å². The molecule has 108 valence electrons. The van der Waals surface area contributed by atoms with Crippen molar-refractivity contribution >= 4 is 0 Å². The third-order valence-electron chi connectivity index (χ3n) is 3.23. The predicted octanol–water partition coefficient (Wildman–Crippen LogP) is 1.60. The van der Waals surface area contributed by atoms with Crippen LogP contribution in [-0.4, -0.2) is 15.7 Å². The number of aryl methyl sites for hydroxylation is 2. The summed E-state index contributed by atoms with van der Waals surface area (Å²) in [4.78, 5) is 11.8. The van der Waals surface area contributed by atoms with Crippen LogP contribution in [0.25, 0.3) is 0 Å². The molecule has 5 nitrogen and oxygen atoms in total. The van der Waals surface area contributed by atoms with Crippen molar-refractivity contribution in [2.45, 2.75) is 33.0 Å². The number of benzene rings is 1. The van der Waals surface area contributed by atoms with Gasteiger partial charge in [0.1, 0.15) is 5.75 Å². The van der Waals surface area contributed by atoms with Gasteiger partial charge in [-0.1, -0.05) is 12.1 Å². The number of nitrogens with zero attached hydrogens (tertiary/aromatic N) is 2. The Hall–Kier alpha value is -2.01. The molecule has 0 radical (unpaired) electrons. The molecule has 0 spiro atoms. The molecule has 2 aromatic rings. The lowest BCUT2D eigenvalue weighted by Gasteiger charge is -2.07. The first kappa shape index (κ1) is 14.4. The Labute approximate surface area is 118 Å². The quantitative estimate of drug-likeness (QED) is 0.781. The van der Waals surface area contributed by atoms with Crippen molar-refractivity contribution in [3.8, 4) is 5.75 Å². The van der Waals surface area contributed by atoms with Gasteiger partial charge in [0.25, 0.3) is 0 Å². The zero-order chi connectivity index (χ0) is 14.4. The lowest BCUT2D eigenvalue weighted by Crippen LogP contribution is -2.24. The van der Waals surface area contributed by atoms with E-state index in [0.29, 0.717) is 26.2 Å². The average Bonchev–Trinajstić information content (AvgIpc) is 2.84. The molecule has 0 bridgehead atoms. The van der Waals surface area contributed by atoms with Crippen LogP contribution in [0, 0.1) is 0 Å². The number of hydrogen-bond donors (Lipinski definition) is 1. The SMILES string of the molecule is CCn1ccn(CCCOc2ccc(CN)cc2)c1=O. The van der Waals surface area contributed by atoms with Gasteiger partial charge in [-0.2, -0.15) is 0 Å². The summed E-state index contributed by atoms with van der Waals surface area (Å²) in [6, 6.07) is 7.76. The smallest absolute Gasteiger partial charge is 0.328 e. The van der Waals surface area contributed by atoms with Crippen LogP contribution in [0.1, 0.15) is 18.9 Å². The van der Waals surface area contributed by atoms with E-state index in [1.807, 2.05) is 43.6 Å². The minimum Gasteiger partial charge on any atom is -0.494 e. The first-order valence-corrected chi connectivity index (χ1v) is 6.92. The number of imidazole rings is 1. The second-order valence-corrected chi connectivity index (χ2v) is 4.61. The molecule has 1 aromatic heterocycles. The van der Waals surface area contributed by atoms with E-state index in [0.717, 1.165) is 17.7 Å². The summed E-state index contributed by atoms with van der Waals surface area (Å²) in [5.74, 6) is 0.834. The molecule has 0 saturated carbocycles. The van der Waals surface area contributed by atoms with Gasteiger partial charge in [0.2, 0.25) is 0 Å². The molecule has 0 aliphatic heterocycles. The Bertz CT molecular complexity index is 584. The van der Waals surface area contributed by atoms with Crippen LogP contribution < -0.4 is 16.2 Å². The molecule has 0 aliphatic rings. The third-order valence-corrected chi connectivity index (χ3v) is 3.23. The maximum Gasteiger partial charge on any atom is 0.328 e. The normalized spacial score (nSPS) is 10.7. The number of hydrogen-bond acceptors (Lipinski definition) is 3. The van der Waals surface area contributed by atoms with Gasteiger partial charge >= 0.3 is 5.69 Å². The van der Waals surface area contributed by atoms with Crippen LogP contribution in [0.5, 0.6) is 5.75 Å². The van der Waals surface area contributed by atoms with Crippen LogP contribution in [0.3, 0.4) is 0 Å². The first-order chi connectivity index (χ1) is 9.74. The van der Waals surface area contributed by atoms with Gasteiger partial charge in [0.05, 0.1) is 6.61 Å². The van der Waals surface area contributed by atoms with Crippen molar-refractivity contribution in [2.24, 2.45) is 5.73 Å². The third kappa shape index (κ3) is 3.51. The van der Waals surface area contributed by atoms with E-state index in [4.69, 9.17) is 10.5 Å². The maximum atomic E-state index is 11.8. The zero-order valence-electron chi connectivity index (χ0n) is 11.8. The van der Waals surface area contributed by atoms with Gasteiger partial charge < -0.3 is 10.5 Å². The second-order valence-electron chi connectivity index (χ2n) is 4.61. The van der Waals surface area contributed by atoms with E-state index in [9.17, 15) is 4.79 Å². The van der Waals surface area contributed by atoms with Crippen molar-refractivity contribution in [3.63, 3.8) is 0 Å². The molecule has 2 rings (SSSR count). The van der Waals surface area contributed by atoms with Gasteiger partial charge in [-0.3, -0.25) is 9.13 Å². The van der Waals surface area contributed by atoms with Gasteiger partial charge in [-0.05, 0) is 31.0 Å². The summed E-state index contributed by atoms with van der Waals surface area (Å²) in [6.07, 6.45) is 4.43. The standard InChI is InChI=1S/C15H21N3O2/c1-2-17-9-10-18(15(17)19)8-3-11-20-14-6-4-13(12-16)5-7-14/h4-7,9-10H,2-3,8,11-12,16H2,1H3. The van der Waals surface area contributed by atoms with Crippen LogP contribution in [0.15, 0.2) is 41.5 Å². The van der Waals surface area contributed by atoms with Crippen molar-refractivity contribution in [3.05, 3.63) is 52.7 Å². The van der Waals surface area contributed by atoms with E-state index >= 15 is 0 Å². The number of aromatic nitrogens is 2. The Morgan fingerprint density at radius 2 is 1.85 bits per heavy atom. The molecule has 0 atom stereocenters. The predicted molar refractivity (Wildman–Crippen MR) is 78.8 cm³/mol. The van der Waals surface area contributed by atoms with E-state index in [1.54, 1.807) is 9.13 Å². The average molecular weight is 275 g/mol. The summed E-state index contributed by atoms with van der Waals surface area (Å²) >= 11 is 0. The lowest BCUT2D eigenvalue weighted by molar-refractivity contribution is 0.300. The van der Waals surface area contributed by atoms with Crippen LogP contribution in [0.4, 0.5) is 0 Å². The Morgan fingerprint density at radius 1 is 1.15 bits per heavy atom. The Kier molecular flexibility index (Phi) is 5.01. The van der Waals surface area contributed by atoms with Crippen molar-refractivity contribution in [1.29, 1.82) is 0 Å². The highest BCUT2D eigenvalue weighted by atomic mass is 16.5. The molecule has 5 heteroatoms. The van der Waals surface area contributed by atoms with Crippen molar-refractivity contribution < 1.29 is 4.74 Å². The summed E-state index contributed by atoms with van der Waals surface area (Å²) in [5, 5.41) is 0. The molecular formula is C15H21N3O2.